The molecule has 32 heavy (non-hydrogen) atoms. The number of hydrogen-bond donors (Lipinski definition) is 3. The van der Waals surface area contributed by atoms with Gasteiger partial charge in [-0.2, -0.15) is 0 Å². The van der Waals surface area contributed by atoms with Crippen molar-refractivity contribution in [3.63, 3.8) is 0 Å². The van der Waals surface area contributed by atoms with Gasteiger partial charge in [-0.25, -0.2) is 4.79 Å². The minimum absolute atomic E-state index is 0.0922. The van der Waals surface area contributed by atoms with Crippen LogP contribution in [0.2, 0.25) is 0 Å². The number of hydrogen-bond acceptors (Lipinski definition) is 6. The van der Waals surface area contributed by atoms with Crippen LogP contribution in [0.15, 0.2) is 12.2 Å². The number of amides is 3. The molecule has 0 aromatic rings. The topological polar surface area (TPSA) is 150 Å². The lowest BCUT2D eigenvalue weighted by Crippen LogP contribution is -2.50. The lowest BCUT2D eigenvalue weighted by atomic mass is 10.1. The average Bonchev–Trinajstić information content (AvgIpc) is 2.73. The van der Waals surface area contributed by atoms with Crippen molar-refractivity contribution in [2.24, 2.45) is 0 Å². The quantitative estimate of drug-likeness (QED) is 0.184. The van der Waals surface area contributed by atoms with Crippen LogP contribution in [0, 0.1) is 0 Å². The Balaban J connectivity index is 3.54. The van der Waals surface area contributed by atoms with Crippen molar-refractivity contribution in [3.8, 4) is 0 Å². The van der Waals surface area contributed by atoms with Crippen LogP contribution < -0.4 is 26.2 Å². The monoisotopic (exact) mass is 453 g/mol. The van der Waals surface area contributed by atoms with Gasteiger partial charge in [-0.1, -0.05) is 44.8 Å². The molecule has 0 saturated heterocycles. The van der Waals surface area contributed by atoms with E-state index in [-0.39, 0.29) is 12.5 Å². The number of nitrogens with one attached hydrogen (secondary N) is 3. The molecular formula is C23H39N3O6-2. The van der Waals surface area contributed by atoms with Gasteiger partial charge in [0.25, 0.3) is 0 Å². The maximum Gasteiger partial charge on any atom is 0.314 e. The molecule has 0 heterocycles. The molecule has 1 atom stereocenters. The van der Waals surface area contributed by atoms with Gasteiger partial charge in [0.2, 0.25) is 5.91 Å². The van der Waals surface area contributed by atoms with Gasteiger partial charge in [0.05, 0.1) is 12.0 Å². The van der Waals surface area contributed by atoms with Gasteiger partial charge in [0.1, 0.15) is 0 Å². The molecule has 0 bridgehead atoms. The van der Waals surface area contributed by atoms with Crippen molar-refractivity contribution in [3.05, 3.63) is 12.2 Å². The summed E-state index contributed by atoms with van der Waals surface area (Å²) in [7, 11) is 0. The molecule has 0 aliphatic carbocycles. The molecule has 0 radical (unpaired) electrons. The van der Waals surface area contributed by atoms with Crippen molar-refractivity contribution < 1.29 is 29.4 Å². The second-order valence-electron chi connectivity index (χ2n) is 7.83. The van der Waals surface area contributed by atoms with Gasteiger partial charge in [-0.05, 0) is 44.9 Å². The maximum absolute atomic E-state index is 11.7. The molecule has 0 aliphatic rings. The third-order valence-corrected chi connectivity index (χ3v) is 4.83. The summed E-state index contributed by atoms with van der Waals surface area (Å²) in [6, 6.07) is -1.65. The van der Waals surface area contributed by atoms with Gasteiger partial charge in [-0.15, -0.1) is 0 Å². The predicted molar refractivity (Wildman–Crippen MR) is 118 cm³/mol. The van der Waals surface area contributed by atoms with E-state index in [9.17, 15) is 29.4 Å². The first-order valence-electron chi connectivity index (χ1n) is 11.7. The molecule has 0 aromatic heterocycles. The Morgan fingerprint density at radius 2 is 1.34 bits per heavy atom. The molecule has 9 nitrogen and oxygen atoms in total. The van der Waals surface area contributed by atoms with E-state index >= 15 is 0 Å². The minimum atomic E-state index is -1.63. The average molecular weight is 454 g/mol. The van der Waals surface area contributed by atoms with Crippen molar-refractivity contribution >= 4 is 23.9 Å². The fraction of sp³-hybridized carbons (Fsp3) is 0.739. The number of unbranched alkanes of at least 4 members (excludes halogenated alkanes) is 8. The summed E-state index contributed by atoms with van der Waals surface area (Å²) < 4.78 is 0. The lowest BCUT2D eigenvalue weighted by Gasteiger charge is -2.20. The van der Waals surface area contributed by atoms with E-state index in [2.05, 4.69) is 35.0 Å². The van der Waals surface area contributed by atoms with Crippen LogP contribution in [0.25, 0.3) is 0 Å². The second kappa shape index (κ2) is 20.3. The molecule has 0 spiro atoms. The van der Waals surface area contributed by atoms with Crippen LogP contribution in [-0.4, -0.2) is 43.0 Å². The number of aliphatic carboxylic acids is 2. The molecule has 184 valence electrons. The van der Waals surface area contributed by atoms with Crippen LogP contribution >= 0.6 is 0 Å². The third kappa shape index (κ3) is 19.4. The van der Waals surface area contributed by atoms with Crippen molar-refractivity contribution in [1.29, 1.82) is 0 Å². The van der Waals surface area contributed by atoms with Gasteiger partial charge in [-0.3, -0.25) is 4.79 Å². The highest BCUT2D eigenvalue weighted by Crippen LogP contribution is 2.07. The van der Waals surface area contributed by atoms with Crippen molar-refractivity contribution in [2.45, 2.75) is 96.4 Å². The summed E-state index contributed by atoms with van der Waals surface area (Å²) in [5.74, 6) is -3.68. The zero-order valence-electron chi connectivity index (χ0n) is 19.3. The Bertz CT molecular complexity index is 580. The molecule has 3 amide bonds. The lowest BCUT2D eigenvalue weighted by molar-refractivity contribution is -0.317. The fourth-order valence-corrected chi connectivity index (χ4v) is 2.99. The molecule has 0 fully saturated rings. The van der Waals surface area contributed by atoms with Gasteiger partial charge >= 0.3 is 6.03 Å². The predicted octanol–water partition coefficient (Wildman–Crippen LogP) is 0.918. The molecule has 3 N–H and O–H groups in total. The largest absolute Gasteiger partial charge is 0.550 e. The van der Waals surface area contributed by atoms with Gasteiger partial charge in [0, 0.05) is 31.9 Å². The van der Waals surface area contributed by atoms with Gasteiger partial charge in [0.15, 0.2) is 0 Å². The number of allylic oxidation sites excluding steroid dienone is 2. The first kappa shape index (κ1) is 29.4. The van der Waals surface area contributed by atoms with Crippen LogP contribution in [-0.2, 0) is 14.4 Å². The molecular weight excluding hydrogens is 414 g/mol. The molecule has 0 aliphatic heterocycles. The molecule has 0 aromatic carbocycles. The van der Waals surface area contributed by atoms with Crippen LogP contribution in [0.4, 0.5) is 4.79 Å². The summed E-state index contributed by atoms with van der Waals surface area (Å²) >= 11 is 0. The van der Waals surface area contributed by atoms with Crippen LogP contribution in [0.3, 0.4) is 0 Å². The Labute approximate surface area is 191 Å². The zero-order valence-corrected chi connectivity index (χ0v) is 19.3. The van der Waals surface area contributed by atoms with E-state index in [1.807, 2.05) is 0 Å². The van der Waals surface area contributed by atoms with E-state index in [0.717, 1.165) is 70.8 Å². The van der Waals surface area contributed by atoms with Crippen LogP contribution in [0.5, 0.6) is 0 Å². The summed E-state index contributed by atoms with van der Waals surface area (Å²) in [6.45, 7) is 3.53. The summed E-state index contributed by atoms with van der Waals surface area (Å²) in [4.78, 5) is 44.5. The standard InChI is InChI=1S/C23H41N3O6/c1-2-3-13-16-24-23(32)25-17-14-11-9-7-5-4-6-8-10-12-15-20(27)26-19(22(30)31)18-21(28)29/h5,7,19H,2-4,6,8-18H2,1H3,(H,26,27)(H,28,29)(H,30,31)(H2,24,25,32)/p-2/b7-5-/t19-/m1/s1. The van der Waals surface area contributed by atoms with E-state index in [1.54, 1.807) is 0 Å². The number of carboxylic acids is 2. The maximum atomic E-state index is 11.7. The number of rotatable bonds is 20. The van der Waals surface area contributed by atoms with Crippen LogP contribution in [0.1, 0.15) is 90.4 Å². The van der Waals surface area contributed by atoms with Crippen molar-refractivity contribution in [1.82, 2.24) is 16.0 Å². The second-order valence-corrected chi connectivity index (χ2v) is 7.83. The zero-order chi connectivity index (χ0) is 24.0. The highest BCUT2D eigenvalue weighted by atomic mass is 16.4. The van der Waals surface area contributed by atoms with E-state index < -0.39 is 30.3 Å². The van der Waals surface area contributed by atoms with E-state index in [0.29, 0.717) is 13.0 Å². The highest BCUT2D eigenvalue weighted by molar-refractivity contribution is 5.85. The van der Waals surface area contributed by atoms with E-state index in [1.165, 1.54) is 0 Å². The number of carboxylic acid groups (broad SMARTS) is 2. The Kier molecular flexibility index (Phi) is 18.7. The summed E-state index contributed by atoms with van der Waals surface area (Å²) in [5, 5.41) is 29.1. The SMILES string of the molecule is CCCCCNC(=O)NCCCC/C=C\CCCCCCC(=O)N[C@H](CC(=O)[O-])C(=O)[O-]. The Morgan fingerprint density at radius 3 is 1.91 bits per heavy atom. The summed E-state index contributed by atoms with van der Waals surface area (Å²) in [6.07, 6.45) is 14.2. The van der Waals surface area contributed by atoms with E-state index in [4.69, 9.17) is 0 Å². The smallest absolute Gasteiger partial charge is 0.314 e. The Morgan fingerprint density at radius 1 is 0.781 bits per heavy atom. The number of urea groups is 1. The normalized spacial score (nSPS) is 11.8. The first-order chi connectivity index (χ1) is 15.4. The number of carbonyl (C=O) groups excluding carboxylic acids is 4. The molecule has 0 unspecified atom stereocenters. The molecule has 0 rings (SSSR count). The van der Waals surface area contributed by atoms with Crippen molar-refractivity contribution in [2.75, 3.05) is 13.1 Å². The minimum Gasteiger partial charge on any atom is -0.550 e. The molecule has 0 saturated carbocycles. The summed E-state index contributed by atoms with van der Waals surface area (Å²) in [5.41, 5.74) is 0. The Hall–Kier alpha value is -2.58. The third-order valence-electron chi connectivity index (χ3n) is 4.83. The number of carbonyl (C=O) groups is 4. The first-order valence-corrected chi connectivity index (χ1v) is 11.7. The molecule has 9 heteroatoms. The van der Waals surface area contributed by atoms with Gasteiger partial charge < -0.3 is 35.8 Å². The fourth-order valence-electron chi connectivity index (χ4n) is 2.99. The highest BCUT2D eigenvalue weighted by Gasteiger charge is 2.13.